The van der Waals surface area contributed by atoms with Crippen LogP contribution in [0.4, 0.5) is 0 Å². The summed E-state index contributed by atoms with van der Waals surface area (Å²) in [4.78, 5) is 33.0. The van der Waals surface area contributed by atoms with Crippen LogP contribution in [0.2, 0.25) is 0 Å². The third-order valence-electron chi connectivity index (χ3n) is 5.73. The van der Waals surface area contributed by atoms with E-state index in [1.165, 1.54) is 64.2 Å². The summed E-state index contributed by atoms with van der Waals surface area (Å²) in [6.45, 7) is 1.71. The zero-order chi connectivity index (χ0) is 26.6. The second kappa shape index (κ2) is 20.1. The van der Waals surface area contributed by atoms with Gasteiger partial charge in [-0.25, -0.2) is 4.57 Å². The van der Waals surface area contributed by atoms with Gasteiger partial charge in [-0.1, -0.05) is 84.0 Å². The molecule has 2 N–H and O–H groups in total. The molecule has 0 aromatic heterocycles. The van der Waals surface area contributed by atoms with Crippen LogP contribution < -0.4 is 0 Å². The molecule has 0 aliphatic carbocycles. The molecule has 0 amide bonds. The summed E-state index contributed by atoms with van der Waals surface area (Å²) in [6, 6.07) is 0. The molecule has 0 aliphatic rings. The highest BCUT2D eigenvalue weighted by atomic mass is 31.2. The fourth-order valence-corrected chi connectivity index (χ4v) is 4.15. The Kier molecular flexibility index (Phi) is 19.5. The number of quaternary nitrogens is 1. The van der Waals surface area contributed by atoms with Gasteiger partial charge in [0, 0.05) is 6.42 Å². The summed E-state index contributed by atoms with van der Waals surface area (Å²) in [5, 5.41) is 9.28. The van der Waals surface area contributed by atoms with Crippen LogP contribution in [0.25, 0.3) is 0 Å². The first-order chi connectivity index (χ1) is 16.5. The molecule has 0 rings (SSSR count). The number of ether oxygens (including phenoxy) is 1. The number of carbonyl (C=O) groups excluding carboxylic acids is 1. The van der Waals surface area contributed by atoms with Crippen molar-refractivity contribution in [3.8, 4) is 0 Å². The molecular weight excluding hydrogens is 473 g/mol. The highest BCUT2D eigenvalue weighted by Crippen LogP contribution is 2.43. The minimum Gasteiger partial charge on any atom is -0.481 e. The quantitative estimate of drug-likeness (QED) is 0.0730. The maximum atomic E-state index is 11.9. The Morgan fingerprint density at radius 3 is 1.74 bits per heavy atom. The largest absolute Gasteiger partial charge is 0.481 e. The summed E-state index contributed by atoms with van der Waals surface area (Å²) < 4.78 is 27.2. The molecule has 0 bridgehead atoms. The zero-order valence-corrected chi connectivity index (χ0v) is 23.4. The molecule has 0 aromatic rings. The summed E-state index contributed by atoms with van der Waals surface area (Å²) in [5.74, 6) is -2.98. The molecule has 0 spiro atoms. The molecule has 0 heterocycles. The van der Waals surface area contributed by atoms with E-state index in [4.69, 9.17) is 13.8 Å². The maximum absolute atomic E-state index is 11.9. The van der Waals surface area contributed by atoms with Crippen LogP contribution in [0, 0.1) is 5.92 Å². The monoisotopic (exact) mass is 524 g/mol. The topological polar surface area (TPSA) is 119 Å². The fourth-order valence-electron chi connectivity index (χ4n) is 3.39. The Bertz CT molecular complexity index is 609. The number of phosphoric ester groups is 1. The Hall–Kier alpha value is -0.990. The number of carbonyl (C=O) groups is 2. The average Bonchev–Trinajstić information content (AvgIpc) is 2.75. The number of likely N-dealkylation sites (N-methyl/N-ethyl adjacent to an activating group) is 1. The summed E-state index contributed by atoms with van der Waals surface area (Å²) in [5.41, 5.74) is 0. The lowest BCUT2D eigenvalue weighted by molar-refractivity contribution is -0.870. The van der Waals surface area contributed by atoms with E-state index >= 15 is 0 Å². The van der Waals surface area contributed by atoms with Crippen LogP contribution in [-0.4, -0.2) is 73.9 Å². The second-order valence-electron chi connectivity index (χ2n) is 10.3. The molecule has 2 unspecified atom stereocenters. The molecule has 0 aromatic carbocycles. The van der Waals surface area contributed by atoms with E-state index in [0.717, 1.165) is 12.8 Å². The summed E-state index contributed by atoms with van der Waals surface area (Å²) >= 11 is 0. The first-order valence-corrected chi connectivity index (χ1v) is 14.8. The molecule has 10 heteroatoms. The number of rotatable bonds is 24. The van der Waals surface area contributed by atoms with Gasteiger partial charge in [-0.3, -0.25) is 18.6 Å². The standard InChI is InChI=1S/C25H50NO8P/c1-5-6-7-8-9-10-11-12-13-14-15-16-17-18-24(27)32-21-23(25(28)29)22-34-35(30,31)33-20-19-26(2,3)4/h23H,5-22H2,1-4H3,(H-,28,29,30,31)/p+1. The molecule has 0 saturated carbocycles. The average molecular weight is 525 g/mol. The number of hydrogen-bond acceptors (Lipinski definition) is 6. The minimum absolute atomic E-state index is 0.0108. The van der Waals surface area contributed by atoms with Gasteiger partial charge in [-0.2, -0.15) is 0 Å². The lowest BCUT2D eigenvalue weighted by atomic mass is 10.0. The highest BCUT2D eigenvalue weighted by Gasteiger charge is 2.28. The van der Waals surface area contributed by atoms with Crippen molar-refractivity contribution in [1.29, 1.82) is 0 Å². The van der Waals surface area contributed by atoms with Crippen LogP contribution in [0.3, 0.4) is 0 Å². The minimum atomic E-state index is -4.38. The number of carboxylic acid groups (broad SMARTS) is 1. The smallest absolute Gasteiger partial charge is 0.472 e. The summed E-state index contributed by atoms with van der Waals surface area (Å²) in [6.07, 6.45) is 16.0. The van der Waals surface area contributed by atoms with Crippen LogP contribution in [0.1, 0.15) is 96.8 Å². The molecule has 0 saturated heterocycles. The zero-order valence-electron chi connectivity index (χ0n) is 22.5. The van der Waals surface area contributed by atoms with Crippen molar-refractivity contribution in [2.45, 2.75) is 96.8 Å². The first kappa shape index (κ1) is 34.0. The number of carboxylic acids is 1. The fraction of sp³-hybridized carbons (Fsp3) is 0.920. The van der Waals surface area contributed by atoms with Crippen molar-refractivity contribution < 1.29 is 42.4 Å². The van der Waals surface area contributed by atoms with Gasteiger partial charge in [0.15, 0.2) is 0 Å². The van der Waals surface area contributed by atoms with Crippen LogP contribution in [0.15, 0.2) is 0 Å². The van der Waals surface area contributed by atoms with E-state index in [9.17, 15) is 24.2 Å². The SMILES string of the molecule is CCCCCCCCCCCCCCCC(=O)OCC(COP(=O)(O)OCC[N+](C)(C)C)C(=O)O. The van der Waals surface area contributed by atoms with E-state index in [-0.39, 0.29) is 13.0 Å². The van der Waals surface area contributed by atoms with Crippen molar-refractivity contribution in [2.24, 2.45) is 5.92 Å². The van der Waals surface area contributed by atoms with Crippen LogP contribution >= 0.6 is 7.82 Å². The van der Waals surface area contributed by atoms with E-state index in [1.807, 2.05) is 21.1 Å². The van der Waals surface area contributed by atoms with Gasteiger partial charge >= 0.3 is 19.8 Å². The van der Waals surface area contributed by atoms with Crippen LogP contribution in [0.5, 0.6) is 0 Å². The molecular formula is C25H51NO8P+. The third kappa shape index (κ3) is 23.2. The molecule has 208 valence electrons. The normalized spacial score (nSPS) is 14.4. The third-order valence-corrected chi connectivity index (χ3v) is 6.72. The van der Waals surface area contributed by atoms with Gasteiger partial charge in [0.05, 0.1) is 27.7 Å². The van der Waals surface area contributed by atoms with Gasteiger partial charge in [0.25, 0.3) is 0 Å². The number of nitrogens with zero attached hydrogens (tertiary/aromatic N) is 1. The van der Waals surface area contributed by atoms with Crippen molar-refractivity contribution in [3.63, 3.8) is 0 Å². The van der Waals surface area contributed by atoms with Crippen molar-refractivity contribution >= 4 is 19.8 Å². The number of hydrogen-bond donors (Lipinski definition) is 2. The molecule has 0 radical (unpaired) electrons. The van der Waals surface area contributed by atoms with E-state index in [2.05, 4.69) is 6.92 Å². The van der Waals surface area contributed by atoms with Crippen molar-refractivity contribution in [1.82, 2.24) is 0 Å². The van der Waals surface area contributed by atoms with Crippen molar-refractivity contribution in [2.75, 3.05) is 47.5 Å². The number of phosphoric acid groups is 1. The van der Waals surface area contributed by atoms with Crippen LogP contribution in [-0.2, 0) is 27.9 Å². The Labute approximate surface area is 212 Å². The highest BCUT2D eigenvalue weighted by molar-refractivity contribution is 7.47. The second-order valence-corrected chi connectivity index (χ2v) is 11.8. The lowest BCUT2D eigenvalue weighted by Gasteiger charge is -2.24. The van der Waals surface area contributed by atoms with E-state index in [1.54, 1.807) is 0 Å². The number of aliphatic carboxylic acids is 1. The summed E-state index contributed by atoms with van der Waals surface area (Å²) in [7, 11) is 1.33. The Morgan fingerprint density at radius 1 is 0.800 bits per heavy atom. The Morgan fingerprint density at radius 2 is 1.29 bits per heavy atom. The van der Waals surface area contributed by atoms with Gasteiger partial charge in [-0.15, -0.1) is 0 Å². The van der Waals surface area contributed by atoms with Gasteiger partial charge in [0.1, 0.15) is 25.7 Å². The van der Waals surface area contributed by atoms with E-state index < -0.39 is 38.9 Å². The van der Waals surface area contributed by atoms with Gasteiger partial charge in [-0.05, 0) is 6.42 Å². The molecule has 0 fully saturated rings. The molecule has 2 atom stereocenters. The van der Waals surface area contributed by atoms with Gasteiger partial charge < -0.3 is 19.2 Å². The number of unbranched alkanes of at least 4 members (excludes halogenated alkanes) is 12. The predicted octanol–water partition coefficient (Wildman–Crippen LogP) is 5.55. The molecule has 9 nitrogen and oxygen atoms in total. The van der Waals surface area contributed by atoms with Crippen molar-refractivity contribution in [3.05, 3.63) is 0 Å². The predicted molar refractivity (Wildman–Crippen MR) is 137 cm³/mol. The molecule has 0 aliphatic heterocycles. The van der Waals surface area contributed by atoms with E-state index in [0.29, 0.717) is 17.4 Å². The molecule has 35 heavy (non-hydrogen) atoms. The first-order valence-electron chi connectivity index (χ1n) is 13.3. The maximum Gasteiger partial charge on any atom is 0.472 e. The van der Waals surface area contributed by atoms with Gasteiger partial charge in [0.2, 0.25) is 0 Å². The number of esters is 1. The lowest BCUT2D eigenvalue weighted by Crippen LogP contribution is -2.37. The Balaban J connectivity index is 3.86.